The van der Waals surface area contributed by atoms with Crippen LogP contribution < -0.4 is 15.8 Å². The molecular formula is C19H24N2O3. The minimum absolute atomic E-state index is 0.265. The van der Waals surface area contributed by atoms with Gasteiger partial charge in [0.2, 0.25) is 0 Å². The summed E-state index contributed by atoms with van der Waals surface area (Å²) in [6.07, 6.45) is 0.851. The van der Waals surface area contributed by atoms with Crippen LogP contribution in [0.2, 0.25) is 0 Å². The number of aromatic carboxylic acids is 1. The summed E-state index contributed by atoms with van der Waals surface area (Å²) in [6, 6.07) is 13.1. The van der Waals surface area contributed by atoms with E-state index >= 15 is 0 Å². The van der Waals surface area contributed by atoms with Crippen molar-refractivity contribution in [1.82, 2.24) is 5.32 Å². The first kappa shape index (κ1) is 17.8. The average molecular weight is 328 g/mol. The molecule has 0 aromatic heterocycles. The number of nitrogens with two attached hydrogens (primary N) is 1. The van der Waals surface area contributed by atoms with Gasteiger partial charge in [0.25, 0.3) is 0 Å². The Kier molecular flexibility index (Phi) is 6.21. The molecule has 2 aromatic carbocycles. The maximum absolute atomic E-state index is 10.8. The number of anilines is 1. The zero-order valence-corrected chi connectivity index (χ0v) is 14.1. The van der Waals surface area contributed by atoms with E-state index in [1.165, 1.54) is 0 Å². The van der Waals surface area contributed by atoms with Crippen LogP contribution in [0.3, 0.4) is 0 Å². The molecule has 0 amide bonds. The Balaban J connectivity index is 1.87. The van der Waals surface area contributed by atoms with Crippen LogP contribution in [0.5, 0.6) is 5.75 Å². The highest BCUT2D eigenvalue weighted by atomic mass is 16.5. The van der Waals surface area contributed by atoms with Gasteiger partial charge in [0, 0.05) is 12.6 Å². The first-order valence-electron chi connectivity index (χ1n) is 8.06. The molecule has 0 fully saturated rings. The normalized spacial score (nSPS) is 11.9. The zero-order chi connectivity index (χ0) is 17.5. The maximum Gasteiger partial charge on any atom is 0.335 e. The van der Waals surface area contributed by atoms with Gasteiger partial charge in [0.05, 0.1) is 17.9 Å². The van der Waals surface area contributed by atoms with Crippen LogP contribution in [0, 0.1) is 0 Å². The highest BCUT2D eigenvalue weighted by Crippen LogP contribution is 2.23. The van der Waals surface area contributed by atoms with E-state index in [9.17, 15) is 4.79 Å². The predicted molar refractivity (Wildman–Crippen MR) is 95.4 cm³/mol. The van der Waals surface area contributed by atoms with Crippen molar-refractivity contribution in [3.05, 3.63) is 59.2 Å². The minimum atomic E-state index is -0.907. The van der Waals surface area contributed by atoms with E-state index in [2.05, 4.69) is 12.2 Å². The number of rotatable bonds is 8. The Labute approximate surface area is 142 Å². The highest BCUT2D eigenvalue weighted by Gasteiger charge is 2.07. The Hall–Kier alpha value is -2.53. The van der Waals surface area contributed by atoms with Gasteiger partial charge in [-0.3, -0.25) is 0 Å². The zero-order valence-electron chi connectivity index (χ0n) is 14.1. The molecule has 0 aliphatic rings. The molecule has 1 unspecified atom stereocenters. The molecule has 0 heterocycles. The highest BCUT2D eigenvalue weighted by molar-refractivity contribution is 5.87. The van der Waals surface area contributed by atoms with E-state index in [0.717, 1.165) is 23.3 Å². The van der Waals surface area contributed by atoms with Gasteiger partial charge in [-0.25, -0.2) is 4.79 Å². The summed E-state index contributed by atoms with van der Waals surface area (Å²) in [7, 11) is 0. The number of carbonyl (C=O) groups is 1. The molecule has 24 heavy (non-hydrogen) atoms. The molecule has 0 aliphatic heterocycles. The van der Waals surface area contributed by atoms with Crippen LogP contribution in [-0.4, -0.2) is 23.7 Å². The lowest BCUT2D eigenvalue weighted by Crippen LogP contribution is -2.27. The lowest BCUT2D eigenvalue weighted by Gasteiger charge is -2.15. The van der Waals surface area contributed by atoms with E-state index in [1.54, 1.807) is 12.1 Å². The summed E-state index contributed by atoms with van der Waals surface area (Å²) in [6.45, 7) is 5.33. The van der Waals surface area contributed by atoms with Crippen LogP contribution in [-0.2, 0) is 13.0 Å². The van der Waals surface area contributed by atoms with Crippen LogP contribution in [0.4, 0.5) is 5.69 Å². The van der Waals surface area contributed by atoms with Crippen LogP contribution in [0.25, 0.3) is 0 Å². The second kappa shape index (κ2) is 8.36. The number of benzene rings is 2. The van der Waals surface area contributed by atoms with E-state index in [-0.39, 0.29) is 6.04 Å². The second-order valence-electron chi connectivity index (χ2n) is 5.79. The van der Waals surface area contributed by atoms with Gasteiger partial charge in [0.15, 0.2) is 0 Å². The first-order chi connectivity index (χ1) is 11.5. The minimum Gasteiger partial charge on any atom is -0.492 e. The third-order valence-electron chi connectivity index (χ3n) is 3.77. The lowest BCUT2D eigenvalue weighted by molar-refractivity contribution is 0.0697. The summed E-state index contributed by atoms with van der Waals surface area (Å²) in [5, 5.41) is 12.3. The van der Waals surface area contributed by atoms with Gasteiger partial charge in [-0.05, 0) is 55.7 Å². The third kappa shape index (κ3) is 4.99. The summed E-state index contributed by atoms with van der Waals surface area (Å²) >= 11 is 0. The summed E-state index contributed by atoms with van der Waals surface area (Å²) in [5.74, 6) is -0.184. The molecule has 0 saturated heterocycles. The number of carboxylic acid groups (broad SMARTS) is 1. The summed E-state index contributed by atoms with van der Waals surface area (Å²) in [5.41, 5.74) is 9.16. The summed E-state index contributed by atoms with van der Waals surface area (Å²) in [4.78, 5) is 10.8. The van der Waals surface area contributed by atoms with Crippen molar-refractivity contribution in [3.8, 4) is 5.75 Å². The van der Waals surface area contributed by atoms with Crippen molar-refractivity contribution in [2.24, 2.45) is 0 Å². The van der Waals surface area contributed by atoms with Gasteiger partial charge in [-0.15, -0.1) is 0 Å². The number of ether oxygens (including phenoxy) is 1. The molecule has 1 atom stereocenters. The topological polar surface area (TPSA) is 84.6 Å². The van der Waals surface area contributed by atoms with E-state index in [0.29, 0.717) is 24.4 Å². The molecule has 0 saturated carbocycles. The molecule has 5 nitrogen and oxygen atoms in total. The fraction of sp³-hybridized carbons (Fsp3) is 0.316. The molecular weight excluding hydrogens is 304 g/mol. The van der Waals surface area contributed by atoms with Gasteiger partial charge in [-0.2, -0.15) is 0 Å². The molecule has 4 N–H and O–H groups in total. The fourth-order valence-electron chi connectivity index (χ4n) is 2.49. The van der Waals surface area contributed by atoms with Crippen LogP contribution >= 0.6 is 0 Å². The first-order valence-corrected chi connectivity index (χ1v) is 8.06. The van der Waals surface area contributed by atoms with Gasteiger partial charge in [0.1, 0.15) is 5.75 Å². The number of carboxylic acids is 1. The quantitative estimate of drug-likeness (QED) is 0.649. The lowest BCUT2D eigenvalue weighted by atomic mass is 10.1. The van der Waals surface area contributed by atoms with Crippen molar-refractivity contribution < 1.29 is 14.6 Å². The molecule has 0 bridgehead atoms. The van der Waals surface area contributed by atoms with E-state index in [1.807, 2.05) is 37.3 Å². The van der Waals surface area contributed by atoms with Crippen molar-refractivity contribution in [3.63, 3.8) is 0 Å². The Bertz CT molecular complexity index is 684. The van der Waals surface area contributed by atoms with E-state index < -0.39 is 5.97 Å². The molecule has 2 rings (SSSR count). The average Bonchev–Trinajstić information content (AvgIpc) is 2.56. The molecule has 2 aromatic rings. The number of hydrogen-bond acceptors (Lipinski definition) is 4. The smallest absolute Gasteiger partial charge is 0.335 e. The largest absolute Gasteiger partial charge is 0.492 e. The maximum atomic E-state index is 10.8. The van der Waals surface area contributed by atoms with Crippen molar-refractivity contribution >= 4 is 11.7 Å². The van der Waals surface area contributed by atoms with Crippen molar-refractivity contribution in [1.29, 1.82) is 0 Å². The Morgan fingerprint density at radius 3 is 2.46 bits per heavy atom. The number of nitrogen functional groups attached to an aromatic ring is 1. The third-order valence-corrected chi connectivity index (χ3v) is 3.77. The van der Waals surface area contributed by atoms with Gasteiger partial charge >= 0.3 is 5.97 Å². The Morgan fingerprint density at radius 1 is 1.21 bits per heavy atom. The predicted octanol–water partition coefficient (Wildman–Crippen LogP) is 3.09. The SMILES string of the molecule is CCOc1ccc(CC(C)NCc2ccc(C(=O)O)cc2)cc1N. The molecule has 0 radical (unpaired) electrons. The molecule has 5 heteroatoms. The molecule has 0 aliphatic carbocycles. The van der Waals surface area contributed by atoms with Crippen molar-refractivity contribution in [2.75, 3.05) is 12.3 Å². The Morgan fingerprint density at radius 2 is 1.88 bits per heavy atom. The van der Waals surface area contributed by atoms with Crippen LogP contribution in [0.1, 0.15) is 35.3 Å². The van der Waals surface area contributed by atoms with E-state index in [4.69, 9.17) is 15.6 Å². The fourth-order valence-corrected chi connectivity index (χ4v) is 2.49. The number of hydrogen-bond donors (Lipinski definition) is 3. The number of nitrogens with one attached hydrogen (secondary N) is 1. The second-order valence-corrected chi connectivity index (χ2v) is 5.79. The monoisotopic (exact) mass is 328 g/mol. The molecule has 0 spiro atoms. The van der Waals surface area contributed by atoms with Gasteiger partial charge in [-0.1, -0.05) is 18.2 Å². The molecule has 128 valence electrons. The standard InChI is InChI=1S/C19H24N2O3/c1-3-24-18-9-6-15(11-17(18)20)10-13(2)21-12-14-4-7-16(8-5-14)19(22)23/h4-9,11,13,21H,3,10,12,20H2,1-2H3,(H,22,23). The summed E-state index contributed by atoms with van der Waals surface area (Å²) < 4.78 is 5.45. The van der Waals surface area contributed by atoms with Gasteiger partial charge < -0.3 is 20.9 Å². The van der Waals surface area contributed by atoms with Crippen molar-refractivity contribution in [2.45, 2.75) is 32.9 Å². The van der Waals surface area contributed by atoms with Crippen LogP contribution in [0.15, 0.2) is 42.5 Å².